The summed E-state index contributed by atoms with van der Waals surface area (Å²) in [5.74, 6) is 0.195. The molecular formula is C5H9F2N5. The third-order valence-corrected chi connectivity index (χ3v) is 1.43. The van der Waals surface area contributed by atoms with Gasteiger partial charge in [0.2, 0.25) is 0 Å². The molecule has 0 aliphatic rings. The van der Waals surface area contributed by atoms with Gasteiger partial charge in [-0.05, 0) is 6.92 Å². The zero-order chi connectivity index (χ0) is 9.19. The van der Waals surface area contributed by atoms with E-state index in [1.807, 2.05) is 0 Å². The van der Waals surface area contributed by atoms with Gasteiger partial charge < -0.3 is 5.73 Å². The van der Waals surface area contributed by atoms with Crippen molar-refractivity contribution in [3.05, 3.63) is 5.82 Å². The molecule has 1 aromatic heterocycles. The van der Waals surface area contributed by atoms with Crippen molar-refractivity contribution in [1.29, 1.82) is 0 Å². The van der Waals surface area contributed by atoms with Crippen LogP contribution in [0.25, 0.3) is 0 Å². The summed E-state index contributed by atoms with van der Waals surface area (Å²) in [5, 5.41) is 12.4. The summed E-state index contributed by atoms with van der Waals surface area (Å²) in [7, 11) is 0. The molecule has 0 aliphatic heterocycles. The summed E-state index contributed by atoms with van der Waals surface area (Å²) in [4.78, 5) is 0. The second-order valence-corrected chi connectivity index (χ2v) is 2.81. The molecule has 1 heterocycles. The lowest BCUT2D eigenvalue weighted by atomic mass is 10.00. The van der Waals surface area contributed by atoms with Crippen LogP contribution in [0.1, 0.15) is 12.7 Å². The molecule has 68 valence electrons. The molecule has 0 aliphatic carbocycles. The molecule has 1 aromatic rings. The van der Waals surface area contributed by atoms with Gasteiger partial charge in [0, 0.05) is 6.42 Å². The van der Waals surface area contributed by atoms with Crippen molar-refractivity contribution in [3.8, 4) is 0 Å². The molecule has 0 saturated carbocycles. The maximum Gasteiger partial charge on any atom is 0.256 e. The Balaban J connectivity index is 2.62. The Morgan fingerprint density at radius 2 is 2.33 bits per heavy atom. The fraction of sp³-hybridized carbons (Fsp3) is 0.800. The minimum absolute atomic E-state index is 0.0961. The average Bonchev–Trinajstić information content (AvgIpc) is 2.38. The van der Waals surface area contributed by atoms with Crippen LogP contribution in [-0.4, -0.2) is 32.6 Å². The van der Waals surface area contributed by atoms with E-state index in [-0.39, 0.29) is 12.2 Å². The van der Waals surface area contributed by atoms with Crippen LogP contribution in [0.3, 0.4) is 0 Å². The number of hydrogen-bond acceptors (Lipinski definition) is 4. The number of nitrogens with one attached hydrogen (secondary N) is 1. The van der Waals surface area contributed by atoms with Crippen molar-refractivity contribution >= 4 is 0 Å². The van der Waals surface area contributed by atoms with Crippen molar-refractivity contribution in [2.75, 3.05) is 0 Å². The van der Waals surface area contributed by atoms with Crippen molar-refractivity contribution in [1.82, 2.24) is 20.6 Å². The molecule has 0 aromatic carbocycles. The Labute approximate surface area is 67.3 Å². The largest absolute Gasteiger partial charge is 0.320 e. The standard InChI is InChI=1S/C5H9F2N5/c1-5(8,4(6)7)2-3-9-11-12-10-3/h4H,2,8H2,1H3,(H,9,10,11,12). The molecule has 1 unspecified atom stereocenters. The second kappa shape index (κ2) is 3.10. The molecule has 1 rings (SSSR count). The summed E-state index contributed by atoms with van der Waals surface area (Å²) in [6.07, 6.45) is -2.70. The van der Waals surface area contributed by atoms with Gasteiger partial charge in [0.15, 0.2) is 5.82 Å². The van der Waals surface area contributed by atoms with Gasteiger partial charge in [-0.3, -0.25) is 0 Å². The van der Waals surface area contributed by atoms with E-state index < -0.39 is 12.0 Å². The third kappa shape index (κ3) is 1.94. The van der Waals surface area contributed by atoms with Gasteiger partial charge in [-0.15, -0.1) is 10.2 Å². The van der Waals surface area contributed by atoms with Crippen LogP contribution in [-0.2, 0) is 6.42 Å². The van der Waals surface area contributed by atoms with E-state index in [9.17, 15) is 8.78 Å². The number of halogens is 2. The van der Waals surface area contributed by atoms with Gasteiger partial charge >= 0.3 is 0 Å². The first-order valence-electron chi connectivity index (χ1n) is 3.32. The van der Waals surface area contributed by atoms with E-state index in [0.717, 1.165) is 0 Å². The van der Waals surface area contributed by atoms with E-state index in [4.69, 9.17) is 5.73 Å². The smallest absolute Gasteiger partial charge is 0.256 e. The number of tetrazole rings is 1. The predicted molar refractivity (Wildman–Crippen MR) is 36.5 cm³/mol. The first-order chi connectivity index (χ1) is 5.52. The van der Waals surface area contributed by atoms with Gasteiger partial charge in [-0.25, -0.2) is 8.78 Å². The maximum atomic E-state index is 12.2. The molecule has 0 fully saturated rings. The number of H-pyrrole nitrogens is 1. The number of nitrogens with two attached hydrogens (primary N) is 1. The summed E-state index contributed by atoms with van der Waals surface area (Å²) in [6, 6.07) is 0. The molecule has 3 N–H and O–H groups in total. The van der Waals surface area contributed by atoms with Crippen molar-refractivity contribution in [3.63, 3.8) is 0 Å². The van der Waals surface area contributed by atoms with Crippen LogP contribution in [0, 0.1) is 0 Å². The lowest BCUT2D eigenvalue weighted by Crippen LogP contribution is -2.46. The topological polar surface area (TPSA) is 80.5 Å². The first kappa shape index (κ1) is 8.98. The Morgan fingerprint density at radius 1 is 1.67 bits per heavy atom. The Hall–Kier alpha value is -1.11. The molecule has 0 amide bonds. The highest BCUT2D eigenvalue weighted by Crippen LogP contribution is 2.15. The number of hydrogen-bond donors (Lipinski definition) is 2. The zero-order valence-corrected chi connectivity index (χ0v) is 6.46. The maximum absolute atomic E-state index is 12.2. The first-order valence-corrected chi connectivity index (χ1v) is 3.32. The predicted octanol–water partition coefficient (Wildman–Crippen LogP) is -0.275. The molecule has 0 saturated heterocycles. The zero-order valence-electron chi connectivity index (χ0n) is 6.46. The van der Waals surface area contributed by atoms with Gasteiger partial charge in [0.1, 0.15) is 0 Å². The highest BCUT2D eigenvalue weighted by Gasteiger charge is 2.31. The lowest BCUT2D eigenvalue weighted by Gasteiger charge is -2.20. The van der Waals surface area contributed by atoms with E-state index in [1.165, 1.54) is 6.92 Å². The molecule has 7 heteroatoms. The van der Waals surface area contributed by atoms with Crippen molar-refractivity contribution in [2.45, 2.75) is 25.3 Å². The summed E-state index contributed by atoms with van der Waals surface area (Å²) in [5.41, 5.74) is 3.69. The fourth-order valence-electron chi connectivity index (χ4n) is 0.675. The Bertz CT molecular complexity index is 232. The lowest BCUT2D eigenvalue weighted by molar-refractivity contribution is 0.0628. The quantitative estimate of drug-likeness (QED) is 0.665. The number of rotatable bonds is 3. The molecule has 5 nitrogen and oxygen atoms in total. The highest BCUT2D eigenvalue weighted by molar-refractivity contribution is 4.93. The Kier molecular flexibility index (Phi) is 2.32. The minimum atomic E-state index is -2.60. The summed E-state index contributed by atoms with van der Waals surface area (Å²) < 4.78 is 24.4. The van der Waals surface area contributed by atoms with Crippen LogP contribution in [0.5, 0.6) is 0 Å². The second-order valence-electron chi connectivity index (χ2n) is 2.81. The molecule has 0 spiro atoms. The monoisotopic (exact) mass is 177 g/mol. The molecule has 1 atom stereocenters. The Morgan fingerprint density at radius 3 is 2.75 bits per heavy atom. The van der Waals surface area contributed by atoms with E-state index in [2.05, 4.69) is 20.6 Å². The normalized spacial score (nSPS) is 16.4. The SMILES string of the molecule is CC(N)(Cc1nn[nH]n1)C(F)F. The average molecular weight is 177 g/mol. The van der Waals surface area contributed by atoms with Crippen LogP contribution in [0.15, 0.2) is 0 Å². The molecule has 0 bridgehead atoms. The van der Waals surface area contributed by atoms with Gasteiger partial charge in [-0.2, -0.15) is 5.21 Å². The molecule has 12 heavy (non-hydrogen) atoms. The highest BCUT2D eigenvalue weighted by atomic mass is 19.3. The summed E-state index contributed by atoms with van der Waals surface area (Å²) >= 11 is 0. The minimum Gasteiger partial charge on any atom is -0.320 e. The van der Waals surface area contributed by atoms with E-state index >= 15 is 0 Å². The van der Waals surface area contributed by atoms with Crippen LogP contribution >= 0.6 is 0 Å². The van der Waals surface area contributed by atoms with Crippen LogP contribution < -0.4 is 5.73 Å². The molecule has 0 radical (unpaired) electrons. The van der Waals surface area contributed by atoms with Gasteiger partial charge in [-0.1, -0.05) is 5.21 Å². The summed E-state index contributed by atoms with van der Waals surface area (Å²) in [6.45, 7) is 1.24. The van der Waals surface area contributed by atoms with Crippen LogP contribution in [0.2, 0.25) is 0 Å². The van der Waals surface area contributed by atoms with Crippen molar-refractivity contribution in [2.24, 2.45) is 5.73 Å². The third-order valence-electron chi connectivity index (χ3n) is 1.43. The van der Waals surface area contributed by atoms with E-state index in [1.54, 1.807) is 0 Å². The number of nitrogens with zero attached hydrogens (tertiary/aromatic N) is 3. The van der Waals surface area contributed by atoms with Crippen LogP contribution in [0.4, 0.5) is 8.78 Å². The number of aromatic nitrogens is 4. The molecular weight excluding hydrogens is 168 g/mol. The fourth-order valence-corrected chi connectivity index (χ4v) is 0.675. The van der Waals surface area contributed by atoms with Gasteiger partial charge in [0.05, 0.1) is 5.54 Å². The number of aromatic amines is 1. The number of alkyl halides is 2. The van der Waals surface area contributed by atoms with Gasteiger partial charge in [0.25, 0.3) is 6.43 Å². The van der Waals surface area contributed by atoms with E-state index in [0.29, 0.717) is 0 Å². The van der Waals surface area contributed by atoms with Crippen molar-refractivity contribution < 1.29 is 8.78 Å².